The molecule has 1 aliphatic rings. The maximum atomic E-state index is 12.5. The van der Waals surface area contributed by atoms with Crippen LogP contribution in [0.4, 0.5) is 0 Å². The van der Waals surface area contributed by atoms with Crippen LogP contribution in [0.5, 0.6) is 5.75 Å². The molecule has 1 amide bonds. The molecular formula is C21H29N3O2. The summed E-state index contributed by atoms with van der Waals surface area (Å²) in [5.41, 5.74) is 3.52. The smallest absolute Gasteiger partial charge is 0.223 e. The average molecular weight is 355 g/mol. The summed E-state index contributed by atoms with van der Waals surface area (Å²) in [6.07, 6.45) is 6.76. The molecule has 1 aromatic heterocycles. The predicted molar refractivity (Wildman–Crippen MR) is 102 cm³/mol. The Balaban J connectivity index is 1.79. The minimum absolute atomic E-state index is 0.0817. The van der Waals surface area contributed by atoms with Crippen LogP contribution in [0.3, 0.4) is 0 Å². The summed E-state index contributed by atoms with van der Waals surface area (Å²) in [5.74, 6) is 1.15. The summed E-state index contributed by atoms with van der Waals surface area (Å²) >= 11 is 0. The number of nitrogens with zero attached hydrogens (tertiary/aromatic N) is 2. The zero-order valence-corrected chi connectivity index (χ0v) is 16.0. The van der Waals surface area contributed by atoms with Crippen LogP contribution in [-0.2, 0) is 17.8 Å². The molecule has 1 atom stereocenters. The molecule has 0 spiro atoms. The molecule has 2 aromatic rings. The van der Waals surface area contributed by atoms with Gasteiger partial charge in [-0.25, -0.2) is 0 Å². The van der Waals surface area contributed by atoms with E-state index in [4.69, 9.17) is 4.74 Å². The average Bonchev–Trinajstić information content (AvgIpc) is 3.07. The van der Waals surface area contributed by atoms with E-state index in [1.165, 1.54) is 11.3 Å². The third-order valence-electron chi connectivity index (χ3n) is 5.45. The molecular weight excluding hydrogens is 326 g/mol. The van der Waals surface area contributed by atoms with Crippen LogP contribution in [0.1, 0.15) is 62.4 Å². The number of aromatic nitrogens is 2. The van der Waals surface area contributed by atoms with Crippen LogP contribution in [0, 0.1) is 5.92 Å². The minimum Gasteiger partial charge on any atom is -0.496 e. The lowest BCUT2D eigenvalue weighted by Gasteiger charge is -2.26. The van der Waals surface area contributed by atoms with Crippen LogP contribution in [-0.4, -0.2) is 22.8 Å². The summed E-state index contributed by atoms with van der Waals surface area (Å²) in [5, 5.41) is 7.88. The molecule has 0 bridgehead atoms. The number of methoxy groups -OCH3 is 1. The van der Waals surface area contributed by atoms with Gasteiger partial charge in [0.15, 0.2) is 0 Å². The number of hydrogen-bond donors (Lipinski definition) is 1. The fourth-order valence-corrected chi connectivity index (χ4v) is 3.85. The molecule has 3 rings (SSSR count). The van der Waals surface area contributed by atoms with Gasteiger partial charge in [-0.05, 0) is 38.2 Å². The predicted octanol–water partition coefficient (Wildman–Crippen LogP) is 3.87. The van der Waals surface area contributed by atoms with Gasteiger partial charge in [-0.1, -0.05) is 32.0 Å². The van der Waals surface area contributed by atoms with Crippen molar-refractivity contribution in [1.29, 1.82) is 0 Å². The zero-order chi connectivity index (χ0) is 18.5. The van der Waals surface area contributed by atoms with Gasteiger partial charge in [0.1, 0.15) is 5.75 Å². The number of benzene rings is 1. The third kappa shape index (κ3) is 3.76. The second kappa shape index (κ2) is 8.39. The van der Waals surface area contributed by atoms with Crippen molar-refractivity contribution < 1.29 is 9.53 Å². The lowest BCUT2D eigenvalue weighted by Crippen LogP contribution is -2.35. The largest absolute Gasteiger partial charge is 0.496 e. The van der Waals surface area contributed by atoms with Gasteiger partial charge in [0.05, 0.1) is 25.9 Å². The quantitative estimate of drug-likeness (QED) is 0.820. The number of fused-ring (bicyclic) bond motifs is 1. The summed E-state index contributed by atoms with van der Waals surface area (Å²) in [7, 11) is 1.70. The fourth-order valence-electron chi connectivity index (χ4n) is 3.85. The first-order valence-corrected chi connectivity index (χ1v) is 9.64. The normalized spacial score (nSPS) is 16.4. The van der Waals surface area contributed by atoms with Crippen LogP contribution in [0.2, 0.25) is 0 Å². The Hall–Kier alpha value is -2.30. The summed E-state index contributed by atoms with van der Waals surface area (Å²) in [6.45, 7) is 4.84. The Labute approximate surface area is 155 Å². The van der Waals surface area contributed by atoms with Gasteiger partial charge in [-0.3, -0.25) is 9.48 Å². The zero-order valence-electron chi connectivity index (χ0n) is 16.0. The number of carbonyl (C=O) groups is 1. The fraction of sp³-hybridized carbons (Fsp3) is 0.524. The van der Waals surface area contributed by atoms with E-state index in [0.29, 0.717) is 6.54 Å². The van der Waals surface area contributed by atoms with E-state index < -0.39 is 0 Å². The Morgan fingerprint density at radius 1 is 1.35 bits per heavy atom. The van der Waals surface area contributed by atoms with Gasteiger partial charge in [0.2, 0.25) is 5.91 Å². The molecule has 26 heavy (non-hydrogen) atoms. The van der Waals surface area contributed by atoms with Crippen molar-refractivity contribution in [1.82, 2.24) is 15.1 Å². The van der Waals surface area contributed by atoms with E-state index in [2.05, 4.69) is 35.0 Å². The molecule has 5 heteroatoms. The number of amides is 1. The molecule has 0 saturated heterocycles. The number of nitrogens with one attached hydrogen (secondary N) is 1. The topological polar surface area (TPSA) is 56.2 Å². The lowest BCUT2D eigenvalue weighted by atomic mass is 9.92. The number of rotatable bonds is 7. The highest BCUT2D eigenvalue weighted by molar-refractivity contribution is 5.79. The van der Waals surface area contributed by atoms with Crippen LogP contribution in [0.25, 0.3) is 0 Å². The molecule has 1 aliphatic carbocycles. The molecule has 0 aliphatic heterocycles. The van der Waals surface area contributed by atoms with Crippen molar-refractivity contribution in [3.05, 3.63) is 47.3 Å². The Morgan fingerprint density at radius 2 is 2.12 bits per heavy atom. The third-order valence-corrected chi connectivity index (χ3v) is 5.45. The van der Waals surface area contributed by atoms with Gasteiger partial charge in [0.25, 0.3) is 0 Å². The number of carbonyl (C=O) groups excluding carboxylic acids is 1. The lowest BCUT2D eigenvalue weighted by molar-refractivity contribution is -0.126. The molecule has 0 saturated carbocycles. The van der Waals surface area contributed by atoms with E-state index in [0.717, 1.165) is 43.4 Å². The molecule has 5 nitrogen and oxygen atoms in total. The van der Waals surface area contributed by atoms with Gasteiger partial charge >= 0.3 is 0 Å². The highest BCUT2D eigenvalue weighted by Crippen LogP contribution is 2.31. The first kappa shape index (κ1) is 18.5. The maximum Gasteiger partial charge on any atom is 0.223 e. The number of para-hydroxylation sites is 1. The SMILES string of the molecule is CCC(CC)C(=O)N[C@@H]1CCCc2c1cnn2Cc1ccccc1OC. The summed E-state index contributed by atoms with van der Waals surface area (Å²) in [6, 6.07) is 8.13. The monoisotopic (exact) mass is 355 g/mol. The molecule has 1 aromatic carbocycles. The first-order valence-electron chi connectivity index (χ1n) is 9.64. The van der Waals surface area contributed by atoms with Crippen molar-refractivity contribution in [2.75, 3.05) is 7.11 Å². The molecule has 1 heterocycles. The number of ether oxygens (including phenoxy) is 1. The molecule has 0 unspecified atom stereocenters. The van der Waals surface area contributed by atoms with E-state index in [9.17, 15) is 4.79 Å². The van der Waals surface area contributed by atoms with E-state index >= 15 is 0 Å². The van der Waals surface area contributed by atoms with Crippen molar-refractivity contribution in [3.63, 3.8) is 0 Å². The molecule has 0 radical (unpaired) electrons. The highest BCUT2D eigenvalue weighted by atomic mass is 16.5. The highest BCUT2D eigenvalue weighted by Gasteiger charge is 2.27. The maximum absolute atomic E-state index is 12.5. The second-order valence-electron chi connectivity index (χ2n) is 6.98. The summed E-state index contributed by atoms with van der Waals surface area (Å²) in [4.78, 5) is 12.5. The van der Waals surface area contributed by atoms with Crippen molar-refractivity contribution in [3.8, 4) is 5.75 Å². The van der Waals surface area contributed by atoms with E-state index in [1.807, 2.05) is 24.4 Å². The Kier molecular flexibility index (Phi) is 5.96. The molecule has 0 fully saturated rings. The number of hydrogen-bond acceptors (Lipinski definition) is 3. The van der Waals surface area contributed by atoms with Gasteiger partial charge < -0.3 is 10.1 Å². The van der Waals surface area contributed by atoms with Crippen LogP contribution >= 0.6 is 0 Å². The molecule has 1 N–H and O–H groups in total. The van der Waals surface area contributed by atoms with Crippen LogP contribution < -0.4 is 10.1 Å². The van der Waals surface area contributed by atoms with Crippen molar-refractivity contribution >= 4 is 5.91 Å². The van der Waals surface area contributed by atoms with Crippen molar-refractivity contribution in [2.24, 2.45) is 5.92 Å². The Bertz CT molecular complexity index is 749. The van der Waals surface area contributed by atoms with Crippen LogP contribution in [0.15, 0.2) is 30.5 Å². The van der Waals surface area contributed by atoms with Gasteiger partial charge in [-0.15, -0.1) is 0 Å². The van der Waals surface area contributed by atoms with E-state index in [1.54, 1.807) is 7.11 Å². The standard InChI is InChI=1S/C21H29N3O2/c1-4-15(5-2)21(25)23-18-10-8-11-19-17(18)13-22-24(19)14-16-9-6-7-12-20(16)26-3/h6-7,9,12-13,15,18H,4-5,8,10-11,14H2,1-3H3,(H,23,25)/t18-/m1/s1. The Morgan fingerprint density at radius 3 is 2.85 bits per heavy atom. The molecule has 140 valence electrons. The second-order valence-corrected chi connectivity index (χ2v) is 6.98. The summed E-state index contributed by atoms with van der Waals surface area (Å²) < 4.78 is 7.52. The minimum atomic E-state index is 0.0817. The van der Waals surface area contributed by atoms with E-state index in [-0.39, 0.29) is 17.9 Å². The van der Waals surface area contributed by atoms with Crippen molar-refractivity contribution in [2.45, 2.75) is 58.5 Å². The van der Waals surface area contributed by atoms with Gasteiger partial charge in [0, 0.05) is 22.7 Å². The van der Waals surface area contributed by atoms with Gasteiger partial charge in [-0.2, -0.15) is 5.10 Å². The first-order chi connectivity index (χ1) is 12.7.